The summed E-state index contributed by atoms with van der Waals surface area (Å²) in [4.78, 5) is 25.1. The molecular weight excluding hydrogens is 319 g/mol. The number of nitrogens with zero attached hydrogens (tertiary/aromatic N) is 1. The molecule has 0 bridgehead atoms. The molecule has 0 aliphatic rings. The molecule has 0 aromatic carbocycles. The van der Waals surface area contributed by atoms with E-state index in [1.165, 1.54) is 0 Å². The first-order valence-corrected chi connectivity index (χ1v) is 6.68. The predicted molar refractivity (Wildman–Crippen MR) is 73.0 cm³/mol. The van der Waals surface area contributed by atoms with Crippen LogP contribution in [0.3, 0.4) is 0 Å². The molecule has 0 unspecified atom stereocenters. The van der Waals surface area contributed by atoms with E-state index in [4.69, 9.17) is 9.84 Å². The fraction of sp³-hybridized carbons (Fsp3) is 0.462. The minimum Gasteiger partial charge on any atom is -0.481 e. The maximum atomic E-state index is 12.3. The summed E-state index contributed by atoms with van der Waals surface area (Å²) in [6.45, 7) is 0.369. The molecule has 0 saturated carbocycles. The van der Waals surface area contributed by atoms with Crippen molar-refractivity contribution in [1.82, 2.24) is 15.6 Å². The van der Waals surface area contributed by atoms with Crippen LogP contribution in [-0.4, -0.2) is 41.8 Å². The molecule has 0 fully saturated rings. The highest BCUT2D eigenvalue weighted by atomic mass is 19.4. The number of carbonyl (C=O) groups excluding carboxylic acids is 1. The SMILES string of the molecule is O=C(O)CCCNC(=O)NCCOc1ccc(C(F)(F)F)cn1. The van der Waals surface area contributed by atoms with Crippen LogP contribution in [0.2, 0.25) is 0 Å². The molecule has 1 rings (SSSR count). The quantitative estimate of drug-likeness (QED) is 0.627. The molecule has 0 aliphatic heterocycles. The molecule has 1 heterocycles. The molecule has 2 amide bonds. The highest BCUT2D eigenvalue weighted by Gasteiger charge is 2.30. The van der Waals surface area contributed by atoms with Gasteiger partial charge in [0.2, 0.25) is 5.88 Å². The second-order valence-corrected chi connectivity index (χ2v) is 4.41. The van der Waals surface area contributed by atoms with Crippen molar-refractivity contribution < 1.29 is 32.6 Å². The maximum absolute atomic E-state index is 12.3. The molecule has 0 aliphatic carbocycles. The third kappa shape index (κ3) is 7.88. The first-order valence-electron chi connectivity index (χ1n) is 6.68. The molecule has 128 valence electrons. The number of aliphatic carboxylic acids is 1. The number of aromatic nitrogens is 1. The smallest absolute Gasteiger partial charge is 0.417 e. The van der Waals surface area contributed by atoms with Crippen molar-refractivity contribution in [2.45, 2.75) is 19.0 Å². The van der Waals surface area contributed by atoms with Gasteiger partial charge in [0.05, 0.1) is 12.1 Å². The largest absolute Gasteiger partial charge is 0.481 e. The minimum atomic E-state index is -4.45. The average molecular weight is 335 g/mol. The number of amides is 2. The Kier molecular flexibility index (Phi) is 7.10. The van der Waals surface area contributed by atoms with Gasteiger partial charge in [-0.25, -0.2) is 9.78 Å². The monoisotopic (exact) mass is 335 g/mol. The van der Waals surface area contributed by atoms with Gasteiger partial charge in [-0.05, 0) is 12.5 Å². The summed E-state index contributed by atoms with van der Waals surface area (Å²) in [5.74, 6) is -0.925. The summed E-state index contributed by atoms with van der Waals surface area (Å²) in [5, 5.41) is 13.3. The van der Waals surface area contributed by atoms with Gasteiger partial charge in [-0.2, -0.15) is 13.2 Å². The number of nitrogens with one attached hydrogen (secondary N) is 2. The van der Waals surface area contributed by atoms with Gasteiger partial charge >= 0.3 is 18.2 Å². The van der Waals surface area contributed by atoms with Crippen LogP contribution in [0.4, 0.5) is 18.0 Å². The Morgan fingerprint density at radius 1 is 1.22 bits per heavy atom. The Balaban J connectivity index is 2.17. The topological polar surface area (TPSA) is 101 Å². The molecule has 3 N–H and O–H groups in total. The number of rotatable bonds is 8. The second-order valence-electron chi connectivity index (χ2n) is 4.41. The van der Waals surface area contributed by atoms with Gasteiger partial charge in [0, 0.05) is 25.2 Å². The van der Waals surface area contributed by atoms with Crippen LogP contribution >= 0.6 is 0 Å². The predicted octanol–water partition coefficient (Wildman–Crippen LogP) is 1.64. The van der Waals surface area contributed by atoms with Crippen molar-refractivity contribution in [1.29, 1.82) is 0 Å². The molecule has 23 heavy (non-hydrogen) atoms. The third-order valence-electron chi connectivity index (χ3n) is 2.55. The van der Waals surface area contributed by atoms with Crippen LogP contribution in [0.15, 0.2) is 18.3 Å². The van der Waals surface area contributed by atoms with E-state index in [1.54, 1.807) is 0 Å². The van der Waals surface area contributed by atoms with E-state index in [0.29, 0.717) is 12.6 Å². The van der Waals surface area contributed by atoms with Crippen molar-refractivity contribution in [3.05, 3.63) is 23.9 Å². The highest BCUT2D eigenvalue weighted by Crippen LogP contribution is 2.29. The van der Waals surface area contributed by atoms with Gasteiger partial charge in [0.15, 0.2) is 0 Å². The van der Waals surface area contributed by atoms with Crippen molar-refractivity contribution in [3.63, 3.8) is 0 Å². The zero-order valence-corrected chi connectivity index (χ0v) is 12.0. The van der Waals surface area contributed by atoms with Gasteiger partial charge in [-0.15, -0.1) is 0 Å². The number of pyridine rings is 1. The number of carboxylic acids is 1. The van der Waals surface area contributed by atoms with Crippen LogP contribution in [-0.2, 0) is 11.0 Å². The maximum Gasteiger partial charge on any atom is 0.417 e. The average Bonchev–Trinajstić information content (AvgIpc) is 2.47. The first kappa shape index (κ1) is 18.5. The minimum absolute atomic E-state index is 0.0154. The van der Waals surface area contributed by atoms with E-state index in [-0.39, 0.29) is 32.0 Å². The van der Waals surface area contributed by atoms with E-state index in [0.717, 1.165) is 12.1 Å². The van der Waals surface area contributed by atoms with Crippen LogP contribution in [0.1, 0.15) is 18.4 Å². The number of alkyl halides is 3. The number of carboxylic acid groups (broad SMARTS) is 1. The summed E-state index contributed by atoms with van der Waals surface area (Å²) in [5.41, 5.74) is -0.872. The van der Waals surface area contributed by atoms with E-state index < -0.39 is 23.7 Å². The van der Waals surface area contributed by atoms with Crippen molar-refractivity contribution >= 4 is 12.0 Å². The van der Waals surface area contributed by atoms with Crippen molar-refractivity contribution in [3.8, 4) is 5.88 Å². The fourth-order valence-corrected chi connectivity index (χ4v) is 1.46. The number of halogens is 3. The number of ether oxygens (including phenoxy) is 1. The Hall–Kier alpha value is -2.52. The third-order valence-corrected chi connectivity index (χ3v) is 2.55. The summed E-state index contributed by atoms with van der Waals surface area (Å²) in [6.07, 6.45) is -3.51. The Labute approximate surface area is 129 Å². The highest BCUT2D eigenvalue weighted by molar-refractivity contribution is 5.73. The number of urea groups is 1. The summed E-state index contributed by atoms with van der Waals surface area (Å²) in [6, 6.07) is 1.46. The van der Waals surface area contributed by atoms with Crippen LogP contribution in [0.25, 0.3) is 0 Å². The second kappa shape index (κ2) is 8.81. The summed E-state index contributed by atoms with van der Waals surface area (Å²) in [7, 11) is 0. The lowest BCUT2D eigenvalue weighted by Gasteiger charge is -2.09. The molecule has 0 atom stereocenters. The Morgan fingerprint density at radius 3 is 2.48 bits per heavy atom. The zero-order chi connectivity index (χ0) is 17.3. The van der Waals surface area contributed by atoms with Gasteiger partial charge < -0.3 is 20.5 Å². The zero-order valence-electron chi connectivity index (χ0n) is 12.0. The van der Waals surface area contributed by atoms with E-state index in [9.17, 15) is 22.8 Å². The number of hydrogen-bond acceptors (Lipinski definition) is 4. The van der Waals surface area contributed by atoms with E-state index in [1.807, 2.05) is 0 Å². The molecule has 1 aromatic rings. The lowest BCUT2D eigenvalue weighted by molar-refractivity contribution is -0.138. The van der Waals surface area contributed by atoms with Crippen molar-refractivity contribution in [2.24, 2.45) is 0 Å². The summed E-state index contributed by atoms with van der Waals surface area (Å²) < 4.78 is 42.0. The molecule has 0 saturated heterocycles. The van der Waals surface area contributed by atoms with E-state index >= 15 is 0 Å². The molecular formula is C13H16F3N3O4. The standard InChI is InChI=1S/C13H16F3N3O4/c14-13(15,16)9-3-4-10(19-8-9)23-7-6-18-12(22)17-5-1-2-11(20)21/h3-4,8H,1-2,5-7H2,(H,20,21)(H2,17,18,22). The van der Waals surface area contributed by atoms with Gasteiger partial charge in [-0.3, -0.25) is 4.79 Å². The normalized spacial score (nSPS) is 10.9. The van der Waals surface area contributed by atoms with Gasteiger partial charge in [0.1, 0.15) is 6.61 Å². The molecule has 0 radical (unpaired) electrons. The lowest BCUT2D eigenvalue weighted by atomic mass is 10.3. The molecule has 0 spiro atoms. The Morgan fingerprint density at radius 2 is 1.91 bits per heavy atom. The van der Waals surface area contributed by atoms with Crippen molar-refractivity contribution in [2.75, 3.05) is 19.7 Å². The van der Waals surface area contributed by atoms with E-state index in [2.05, 4.69) is 15.6 Å². The first-order chi connectivity index (χ1) is 10.8. The molecule has 7 nitrogen and oxygen atoms in total. The Bertz CT molecular complexity index is 520. The summed E-state index contributed by atoms with van der Waals surface area (Å²) >= 11 is 0. The molecule has 10 heteroatoms. The molecule has 1 aromatic heterocycles. The van der Waals surface area contributed by atoms with Gasteiger partial charge in [-0.1, -0.05) is 0 Å². The van der Waals surface area contributed by atoms with Crippen LogP contribution < -0.4 is 15.4 Å². The fourth-order valence-electron chi connectivity index (χ4n) is 1.46. The van der Waals surface area contributed by atoms with Crippen LogP contribution in [0.5, 0.6) is 5.88 Å². The number of hydrogen-bond donors (Lipinski definition) is 3. The number of carbonyl (C=O) groups is 2. The van der Waals surface area contributed by atoms with Gasteiger partial charge in [0.25, 0.3) is 0 Å². The lowest BCUT2D eigenvalue weighted by Crippen LogP contribution is -2.38. The van der Waals surface area contributed by atoms with Crippen LogP contribution in [0, 0.1) is 0 Å².